The third-order valence-electron chi connectivity index (χ3n) is 4.19. The molecule has 0 aromatic carbocycles. The lowest BCUT2D eigenvalue weighted by Crippen LogP contribution is -2.39. The first-order valence-corrected chi connectivity index (χ1v) is 7.19. The Morgan fingerprint density at radius 3 is 2.35 bits per heavy atom. The van der Waals surface area contributed by atoms with Crippen molar-refractivity contribution in [1.29, 1.82) is 0 Å². The highest BCUT2D eigenvalue weighted by Crippen LogP contribution is 2.32. The molecule has 1 saturated carbocycles. The van der Waals surface area contributed by atoms with E-state index < -0.39 is 5.60 Å². The van der Waals surface area contributed by atoms with Gasteiger partial charge < -0.3 is 5.11 Å². The Morgan fingerprint density at radius 2 is 1.65 bits per heavy atom. The predicted molar refractivity (Wildman–Crippen MR) is 68.8 cm³/mol. The van der Waals surface area contributed by atoms with Crippen LogP contribution in [0.4, 0.5) is 0 Å². The van der Waals surface area contributed by atoms with Crippen LogP contribution >= 0.6 is 0 Å². The fourth-order valence-electron chi connectivity index (χ4n) is 3.06. The zero-order valence-electron chi connectivity index (χ0n) is 10.7. The number of hydrogen-bond donors (Lipinski definition) is 1. The maximum atomic E-state index is 12.5. The van der Waals surface area contributed by atoms with Crippen molar-refractivity contribution >= 4 is 5.78 Å². The van der Waals surface area contributed by atoms with Crippen LogP contribution in [0.1, 0.15) is 70.6 Å². The summed E-state index contributed by atoms with van der Waals surface area (Å²) in [5.74, 6) is 0.0429. The van der Waals surface area contributed by atoms with Crippen molar-refractivity contribution in [3.05, 3.63) is 11.6 Å². The Kier molecular flexibility index (Phi) is 4.38. The van der Waals surface area contributed by atoms with Crippen LogP contribution in [0.2, 0.25) is 0 Å². The normalized spacial score (nSPS) is 25.6. The van der Waals surface area contributed by atoms with E-state index in [2.05, 4.69) is 6.08 Å². The van der Waals surface area contributed by atoms with E-state index in [4.69, 9.17) is 0 Å². The summed E-state index contributed by atoms with van der Waals surface area (Å²) in [7, 11) is 0. The fraction of sp³-hybridized carbons (Fsp3) is 0.800. The summed E-state index contributed by atoms with van der Waals surface area (Å²) in [6.07, 6.45) is 13.1. The van der Waals surface area contributed by atoms with E-state index in [0.29, 0.717) is 12.8 Å². The van der Waals surface area contributed by atoms with E-state index in [1.165, 1.54) is 12.8 Å². The Hall–Kier alpha value is -0.630. The molecule has 17 heavy (non-hydrogen) atoms. The van der Waals surface area contributed by atoms with Crippen molar-refractivity contribution in [3.63, 3.8) is 0 Å². The van der Waals surface area contributed by atoms with E-state index in [0.717, 1.165) is 50.5 Å². The monoisotopic (exact) mass is 236 g/mol. The van der Waals surface area contributed by atoms with Crippen LogP contribution in [0.15, 0.2) is 11.6 Å². The topological polar surface area (TPSA) is 37.3 Å². The maximum Gasteiger partial charge on any atom is 0.189 e. The molecule has 0 spiro atoms. The van der Waals surface area contributed by atoms with Crippen molar-refractivity contribution in [2.75, 3.05) is 0 Å². The van der Waals surface area contributed by atoms with Gasteiger partial charge in [0.2, 0.25) is 0 Å². The highest BCUT2D eigenvalue weighted by atomic mass is 16.3. The number of carbonyl (C=O) groups is 1. The van der Waals surface area contributed by atoms with Crippen LogP contribution in [-0.2, 0) is 4.79 Å². The van der Waals surface area contributed by atoms with Crippen molar-refractivity contribution in [2.24, 2.45) is 0 Å². The minimum absolute atomic E-state index is 0.0429. The highest BCUT2D eigenvalue weighted by Gasteiger charge is 2.37. The number of hydrogen-bond acceptors (Lipinski definition) is 2. The minimum atomic E-state index is -1.04. The van der Waals surface area contributed by atoms with E-state index in [1.54, 1.807) is 0 Å². The lowest BCUT2D eigenvalue weighted by molar-refractivity contribution is -0.134. The van der Waals surface area contributed by atoms with Crippen LogP contribution < -0.4 is 0 Å². The molecule has 2 heteroatoms. The molecular weight excluding hydrogens is 212 g/mol. The van der Waals surface area contributed by atoms with Gasteiger partial charge in [0.25, 0.3) is 0 Å². The molecule has 2 aliphatic carbocycles. The lowest BCUT2D eigenvalue weighted by Gasteiger charge is -2.26. The number of allylic oxidation sites excluding steroid dienone is 1. The zero-order valence-corrected chi connectivity index (χ0v) is 10.7. The summed E-state index contributed by atoms with van der Waals surface area (Å²) in [5, 5.41) is 10.6. The average Bonchev–Trinajstić information content (AvgIpc) is 2.71. The third kappa shape index (κ3) is 3.19. The molecule has 0 aromatic rings. The second-order valence-corrected chi connectivity index (χ2v) is 5.60. The van der Waals surface area contributed by atoms with Gasteiger partial charge in [-0.15, -0.1) is 0 Å². The van der Waals surface area contributed by atoms with Gasteiger partial charge in [-0.05, 0) is 44.1 Å². The Morgan fingerprint density at radius 1 is 1.00 bits per heavy atom. The molecule has 0 amide bonds. The van der Waals surface area contributed by atoms with Crippen LogP contribution in [0, 0.1) is 0 Å². The molecule has 2 nitrogen and oxygen atoms in total. The van der Waals surface area contributed by atoms with Crippen molar-refractivity contribution in [1.82, 2.24) is 0 Å². The predicted octanol–water partition coefficient (Wildman–Crippen LogP) is 3.53. The zero-order chi connectivity index (χ0) is 12.1. The van der Waals surface area contributed by atoms with Crippen molar-refractivity contribution in [2.45, 2.75) is 76.2 Å². The first kappa shape index (κ1) is 12.8. The SMILES string of the molecule is O=C(C1=CCCCCC1)C1(O)CCCCCC1. The fourth-order valence-corrected chi connectivity index (χ4v) is 3.06. The summed E-state index contributed by atoms with van der Waals surface area (Å²) in [5.41, 5.74) is -0.126. The molecule has 0 aliphatic heterocycles. The van der Waals surface area contributed by atoms with Gasteiger partial charge in [0.05, 0.1) is 0 Å². The maximum absolute atomic E-state index is 12.5. The van der Waals surface area contributed by atoms with E-state index >= 15 is 0 Å². The van der Waals surface area contributed by atoms with Crippen molar-refractivity contribution < 1.29 is 9.90 Å². The van der Waals surface area contributed by atoms with Gasteiger partial charge in [0.1, 0.15) is 5.60 Å². The second kappa shape index (κ2) is 5.81. The minimum Gasteiger partial charge on any atom is -0.382 e. The van der Waals surface area contributed by atoms with Gasteiger partial charge in [-0.2, -0.15) is 0 Å². The molecule has 0 aromatic heterocycles. The molecule has 0 saturated heterocycles. The summed E-state index contributed by atoms with van der Waals surface area (Å²) < 4.78 is 0. The number of rotatable bonds is 2. The van der Waals surface area contributed by atoms with Gasteiger partial charge in [-0.25, -0.2) is 0 Å². The van der Waals surface area contributed by atoms with Crippen LogP contribution in [0.3, 0.4) is 0 Å². The Bertz CT molecular complexity index is 296. The van der Waals surface area contributed by atoms with E-state index in [1.807, 2.05) is 0 Å². The van der Waals surface area contributed by atoms with Gasteiger partial charge in [0.15, 0.2) is 5.78 Å². The number of carbonyl (C=O) groups excluding carboxylic acids is 1. The number of aliphatic hydroxyl groups is 1. The third-order valence-corrected chi connectivity index (χ3v) is 4.19. The van der Waals surface area contributed by atoms with Gasteiger partial charge in [0, 0.05) is 0 Å². The van der Waals surface area contributed by atoms with E-state index in [9.17, 15) is 9.90 Å². The van der Waals surface area contributed by atoms with Gasteiger partial charge in [-0.3, -0.25) is 4.79 Å². The van der Waals surface area contributed by atoms with Crippen LogP contribution in [-0.4, -0.2) is 16.5 Å². The lowest BCUT2D eigenvalue weighted by atomic mass is 9.84. The molecule has 96 valence electrons. The quantitative estimate of drug-likeness (QED) is 0.745. The van der Waals surface area contributed by atoms with Crippen LogP contribution in [0.5, 0.6) is 0 Å². The highest BCUT2D eigenvalue weighted by molar-refractivity contribution is 6.01. The number of Topliss-reactive ketones (excluding diaryl/α,β-unsaturated/α-hetero) is 1. The standard InChI is InChI=1S/C15H24O2/c16-14(13-9-5-1-2-6-10-13)15(17)11-7-3-4-8-12-15/h9,17H,1-8,10-12H2. The Balaban J connectivity index is 2.08. The summed E-state index contributed by atoms with van der Waals surface area (Å²) in [6, 6.07) is 0. The largest absolute Gasteiger partial charge is 0.382 e. The summed E-state index contributed by atoms with van der Waals surface area (Å²) in [4.78, 5) is 12.5. The average molecular weight is 236 g/mol. The van der Waals surface area contributed by atoms with Gasteiger partial charge in [-0.1, -0.05) is 38.2 Å². The second-order valence-electron chi connectivity index (χ2n) is 5.60. The molecule has 1 fully saturated rings. The molecule has 0 bridgehead atoms. The first-order valence-electron chi connectivity index (χ1n) is 7.19. The Labute approximate surface area is 104 Å². The first-order chi connectivity index (χ1) is 8.22. The molecule has 0 atom stereocenters. The molecule has 1 N–H and O–H groups in total. The molecular formula is C15H24O2. The summed E-state index contributed by atoms with van der Waals surface area (Å²) in [6.45, 7) is 0. The molecule has 0 unspecified atom stereocenters. The van der Waals surface area contributed by atoms with Crippen LogP contribution in [0.25, 0.3) is 0 Å². The molecule has 2 rings (SSSR count). The van der Waals surface area contributed by atoms with E-state index in [-0.39, 0.29) is 5.78 Å². The summed E-state index contributed by atoms with van der Waals surface area (Å²) >= 11 is 0. The molecule has 2 aliphatic rings. The molecule has 0 radical (unpaired) electrons. The van der Waals surface area contributed by atoms with Gasteiger partial charge >= 0.3 is 0 Å². The molecule has 0 heterocycles. The smallest absolute Gasteiger partial charge is 0.189 e. The number of ketones is 1. The van der Waals surface area contributed by atoms with Crippen molar-refractivity contribution in [3.8, 4) is 0 Å².